The minimum Gasteiger partial charge on any atom is -0.502 e. The molecule has 7 nitrogen and oxygen atoms in total. The molecule has 1 amide bonds. The maximum atomic E-state index is 15.3. The quantitative estimate of drug-likeness (QED) is 0.510. The van der Waals surface area contributed by atoms with Crippen LogP contribution in [0.4, 0.5) is 4.39 Å². The fourth-order valence-corrected chi connectivity index (χ4v) is 6.29. The number of thioether (sulfide) groups is 1. The van der Waals surface area contributed by atoms with Crippen molar-refractivity contribution in [3.63, 3.8) is 0 Å². The molecule has 0 spiro atoms. The third-order valence-corrected chi connectivity index (χ3v) is 8.00. The molecule has 0 radical (unpaired) electrons. The van der Waals surface area contributed by atoms with Gasteiger partial charge in [-0.15, -0.1) is 11.8 Å². The molecule has 1 atom stereocenters. The zero-order valence-electron chi connectivity index (χ0n) is 18.9. The molecule has 1 aromatic heterocycles. The van der Waals surface area contributed by atoms with E-state index in [9.17, 15) is 14.7 Å². The maximum absolute atomic E-state index is 15.3. The smallest absolute Gasteiger partial charge is 0.277 e. The van der Waals surface area contributed by atoms with Crippen molar-refractivity contribution in [2.45, 2.75) is 36.0 Å². The predicted octanol–water partition coefficient (Wildman–Crippen LogP) is 4.00. The summed E-state index contributed by atoms with van der Waals surface area (Å²) in [6, 6.07) is 11.8. The summed E-state index contributed by atoms with van der Waals surface area (Å²) < 4.78 is 23.1. The number of rotatable bonds is 0. The van der Waals surface area contributed by atoms with Crippen molar-refractivity contribution in [2.75, 3.05) is 24.8 Å². The highest BCUT2D eigenvalue weighted by atomic mass is 32.2. The monoisotopic (exact) mass is 493 g/mol. The average Bonchev–Trinajstić information content (AvgIpc) is 3.03. The normalized spacial score (nSPS) is 19.3. The summed E-state index contributed by atoms with van der Waals surface area (Å²) in [5.74, 6) is -0.227. The molecule has 2 aromatic carbocycles. The van der Waals surface area contributed by atoms with Crippen molar-refractivity contribution in [1.82, 2.24) is 9.58 Å². The Morgan fingerprint density at radius 2 is 1.91 bits per heavy atom. The van der Waals surface area contributed by atoms with Gasteiger partial charge in [-0.25, -0.2) is 4.39 Å². The summed E-state index contributed by atoms with van der Waals surface area (Å²) in [5.41, 5.74) is 1.53. The first-order valence-electron chi connectivity index (χ1n) is 11.7. The van der Waals surface area contributed by atoms with E-state index >= 15 is 4.39 Å². The van der Waals surface area contributed by atoms with Crippen molar-refractivity contribution in [2.24, 2.45) is 0 Å². The zero-order valence-corrected chi connectivity index (χ0v) is 19.8. The van der Waals surface area contributed by atoms with Crippen molar-refractivity contribution >= 4 is 17.7 Å². The van der Waals surface area contributed by atoms with E-state index in [2.05, 4.69) is 0 Å². The Balaban J connectivity index is 1.67. The lowest BCUT2D eigenvalue weighted by Gasteiger charge is -2.44. The van der Waals surface area contributed by atoms with E-state index in [0.29, 0.717) is 35.8 Å². The molecular weight excluding hydrogens is 469 g/mol. The van der Waals surface area contributed by atoms with Crippen LogP contribution in [0.25, 0.3) is 0 Å². The van der Waals surface area contributed by atoms with E-state index in [1.54, 1.807) is 27.4 Å². The molecule has 4 heterocycles. The van der Waals surface area contributed by atoms with Gasteiger partial charge in [0.25, 0.3) is 5.91 Å². The number of fused-ring (bicyclic) bond motifs is 7. The van der Waals surface area contributed by atoms with Crippen LogP contribution in [0.5, 0.6) is 11.5 Å². The average molecular weight is 494 g/mol. The van der Waals surface area contributed by atoms with Crippen molar-refractivity contribution < 1.29 is 19.0 Å². The number of halogens is 1. The highest BCUT2D eigenvalue weighted by molar-refractivity contribution is 7.98. The summed E-state index contributed by atoms with van der Waals surface area (Å²) in [5, 5.41) is 12.6. The molecule has 9 heteroatoms. The van der Waals surface area contributed by atoms with Crippen LogP contribution in [0.2, 0.25) is 0 Å². The predicted molar refractivity (Wildman–Crippen MR) is 130 cm³/mol. The second kappa shape index (κ2) is 8.64. The summed E-state index contributed by atoms with van der Waals surface area (Å²) in [7, 11) is 0. The van der Waals surface area contributed by atoms with Gasteiger partial charge in [-0.2, -0.15) is 0 Å². The van der Waals surface area contributed by atoms with Gasteiger partial charge < -0.3 is 14.7 Å². The third-order valence-electron chi connectivity index (χ3n) is 6.88. The Kier molecular flexibility index (Phi) is 5.44. The lowest BCUT2D eigenvalue weighted by molar-refractivity contribution is 0.0674. The van der Waals surface area contributed by atoms with Gasteiger partial charge in [0, 0.05) is 40.6 Å². The summed E-state index contributed by atoms with van der Waals surface area (Å²) in [6.45, 7) is 1.19. The molecule has 3 aromatic rings. The van der Waals surface area contributed by atoms with Crippen molar-refractivity contribution in [3.8, 4) is 11.5 Å². The number of ether oxygens (including phenoxy) is 1. The van der Waals surface area contributed by atoms with E-state index in [0.717, 1.165) is 29.7 Å². The van der Waals surface area contributed by atoms with Crippen LogP contribution < -0.4 is 15.2 Å². The highest BCUT2D eigenvalue weighted by Crippen LogP contribution is 2.47. The topological polar surface area (TPSA) is 75.0 Å². The highest BCUT2D eigenvalue weighted by Gasteiger charge is 2.40. The first kappa shape index (κ1) is 22.0. The van der Waals surface area contributed by atoms with Crippen LogP contribution in [0.15, 0.2) is 58.4 Å². The van der Waals surface area contributed by atoms with E-state index in [1.165, 1.54) is 18.3 Å². The van der Waals surface area contributed by atoms with Crippen molar-refractivity contribution in [1.29, 1.82) is 0 Å². The summed E-state index contributed by atoms with van der Waals surface area (Å²) >= 11 is 1.56. The number of carbonyl (C=O) groups excluding carboxylic acids is 1. The number of hydrogen-bond donors (Lipinski definition) is 1. The van der Waals surface area contributed by atoms with Gasteiger partial charge in [0.2, 0.25) is 5.43 Å². The number of pyridine rings is 1. The molecule has 2 bridgehead atoms. The van der Waals surface area contributed by atoms with Crippen LogP contribution in [0, 0.1) is 5.82 Å². The largest absolute Gasteiger partial charge is 0.502 e. The molecule has 0 saturated carbocycles. The molecule has 3 aliphatic rings. The summed E-state index contributed by atoms with van der Waals surface area (Å²) in [4.78, 5) is 28.4. The van der Waals surface area contributed by atoms with Crippen LogP contribution in [0.1, 0.15) is 52.5 Å². The van der Waals surface area contributed by atoms with Crippen LogP contribution in [-0.4, -0.2) is 40.4 Å². The Morgan fingerprint density at radius 1 is 1.06 bits per heavy atom. The lowest BCUT2D eigenvalue weighted by atomic mass is 9.93. The van der Waals surface area contributed by atoms with Gasteiger partial charge in [0.1, 0.15) is 24.3 Å². The number of aromatic hydroxyl groups is 1. The van der Waals surface area contributed by atoms with Crippen molar-refractivity contribution in [3.05, 3.63) is 87.1 Å². The number of hydrogen-bond acceptors (Lipinski definition) is 6. The van der Waals surface area contributed by atoms with Gasteiger partial charge in [0.15, 0.2) is 11.4 Å². The minimum absolute atomic E-state index is 0.0735. The second-order valence-electron chi connectivity index (χ2n) is 8.95. The SMILES string of the molecule is O=C1c2c(O)c(=O)ccn2N2CN1CCCCCOc1ccc(F)c3c1[C@@H]2c1ccccc1SC3. The molecule has 0 unspecified atom stereocenters. The van der Waals surface area contributed by atoms with Gasteiger partial charge >= 0.3 is 0 Å². The standard InChI is InChI=1S/C26H24FN3O4S/c27-18-8-9-20-22-17(18)14-35-21-7-3-2-6-16(21)23(22)30-15-28(11-4-1-5-13-34-20)26(33)24-25(32)19(31)10-12-29(24)30/h2-3,6-10,12,23,32H,1,4-5,11,13-15H2/t23-/m0/s1. The van der Waals surface area contributed by atoms with E-state index in [4.69, 9.17) is 4.74 Å². The van der Waals surface area contributed by atoms with Crippen LogP contribution in [-0.2, 0) is 5.75 Å². The number of aromatic nitrogens is 1. The molecular formula is C26H24FN3O4S. The van der Waals surface area contributed by atoms with Gasteiger partial charge in [0.05, 0.1) is 6.61 Å². The van der Waals surface area contributed by atoms with E-state index in [1.807, 2.05) is 29.3 Å². The fourth-order valence-electron chi connectivity index (χ4n) is 5.17. The third kappa shape index (κ3) is 3.56. The molecule has 6 rings (SSSR count). The first-order chi connectivity index (χ1) is 17.0. The number of nitrogens with zero attached hydrogens (tertiary/aromatic N) is 3. The van der Waals surface area contributed by atoms with Gasteiger partial charge in [-0.05, 0) is 43.0 Å². The molecule has 0 aliphatic carbocycles. The Morgan fingerprint density at radius 3 is 2.80 bits per heavy atom. The number of benzene rings is 2. The lowest BCUT2D eigenvalue weighted by Crippen LogP contribution is -2.55. The van der Waals surface area contributed by atoms with Gasteiger partial charge in [-0.3, -0.25) is 19.3 Å². The Hall–Kier alpha value is -3.46. The first-order valence-corrected chi connectivity index (χ1v) is 12.7. The van der Waals surface area contributed by atoms with Crippen LogP contribution in [0.3, 0.4) is 0 Å². The van der Waals surface area contributed by atoms with Gasteiger partial charge in [-0.1, -0.05) is 18.2 Å². The van der Waals surface area contributed by atoms with E-state index < -0.39 is 17.2 Å². The maximum Gasteiger partial charge on any atom is 0.277 e. The number of carbonyl (C=O) groups is 1. The molecule has 3 aliphatic heterocycles. The second-order valence-corrected chi connectivity index (χ2v) is 9.96. The van der Waals surface area contributed by atoms with E-state index in [-0.39, 0.29) is 24.1 Å². The number of amides is 1. The molecule has 1 N–H and O–H groups in total. The fraction of sp³-hybridized carbons (Fsp3) is 0.308. The molecule has 0 saturated heterocycles. The van der Waals surface area contributed by atoms with Crippen LogP contribution >= 0.6 is 11.8 Å². The molecule has 180 valence electrons. The zero-order chi connectivity index (χ0) is 24.1. The Bertz CT molecular complexity index is 1390. The minimum atomic E-state index is -0.611. The summed E-state index contributed by atoms with van der Waals surface area (Å²) in [6.07, 6.45) is 3.93. The molecule has 0 fully saturated rings. The molecule has 35 heavy (non-hydrogen) atoms. The Labute approximate surface area is 205 Å².